The molecule has 2 aromatic heterocycles. The number of pyridine rings is 2. The van der Waals surface area contributed by atoms with E-state index in [0.29, 0.717) is 34.6 Å². The van der Waals surface area contributed by atoms with Crippen LogP contribution < -0.4 is 11.3 Å². The Kier molecular flexibility index (Phi) is 4.41. The summed E-state index contributed by atoms with van der Waals surface area (Å²) in [5, 5.41) is 12.0. The van der Waals surface area contributed by atoms with E-state index in [1.165, 1.54) is 0 Å². The third-order valence-corrected chi connectivity index (χ3v) is 7.04. The molecule has 2 unspecified atom stereocenters. The van der Waals surface area contributed by atoms with E-state index in [0.717, 1.165) is 22.0 Å². The van der Waals surface area contributed by atoms with Gasteiger partial charge in [-0.25, -0.2) is 9.78 Å². The molecule has 0 amide bonds. The van der Waals surface area contributed by atoms with Gasteiger partial charge in [-0.3, -0.25) is 9.36 Å². The quantitative estimate of drug-likeness (QED) is 0.363. The number of cyclic esters (lactones) is 1. The van der Waals surface area contributed by atoms with Gasteiger partial charge in [0.2, 0.25) is 0 Å². The normalized spacial score (nSPS) is 20.5. The lowest BCUT2D eigenvalue weighted by atomic mass is 9.86. The van der Waals surface area contributed by atoms with Crippen molar-refractivity contribution in [2.75, 3.05) is 5.73 Å². The number of rotatable bonds is 3. The van der Waals surface area contributed by atoms with Gasteiger partial charge in [0, 0.05) is 22.2 Å². The summed E-state index contributed by atoms with van der Waals surface area (Å²) >= 11 is 0. The van der Waals surface area contributed by atoms with Crippen LogP contribution >= 0.6 is 0 Å². The molecule has 7 nitrogen and oxygen atoms in total. The summed E-state index contributed by atoms with van der Waals surface area (Å²) in [5.74, 6) is -0.729. The van der Waals surface area contributed by atoms with Crippen LogP contribution in [0.15, 0.2) is 65.5 Å². The minimum absolute atomic E-state index is 0.104. The SMILES string of the molecule is CCC1(O)C(=O)OCc2c1cc1n(c2=O)C(Cc2ccccc2)c2cc3cc(N)ccc3nc2-1. The van der Waals surface area contributed by atoms with E-state index < -0.39 is 11.6 Å². The van der Waals surface area contributed by atoms with E-state index >= 15 is 0 Å². The number of ether oxygens (including phenoxy) is 1. The van der Waals surface area contributed by atoms with Crippen LogP contribution in [-0.4, -0.2) is 20.6 Å². The molecule has 0 fully saturated rings. The predicted molar refractivity (Wildman–Crippen MR) is 128 cm³/mol. The fourth-order valence-corrected chi connectivity index (χ4v) is 5.21. The lowest BCUT2D eigenvalue weighted by Crippen LogP contribution is -2.44. The van der Waals surface area contributed by atoms with Gasteiger partial charge in [-0.15, -0.1) is 0 Å². The Morgan fingerprint density at radius 1 is 1.15 bits per heavy atom. The molecule has 2 aromatic carbocycles. The number of nitrogens with zero attached hydrogens (tertiary/aromatic N) is 2. The Bertz CT molecular complexity index is 1540. The highest BCUT2D eigenvalue weighted by Crippen LogP contribution is 2.43. The van der Waals surface area contributed by atoms with Crippen LogP contribution in [0.2, 0.25) is 0 Å². The zero-order valence-corrected chi connectivity index (χ0v) is 18.6. The highest BCUT2D eigenvalue weighted by atomic mass is 16.6. The van der Waals surface area contributed by atoms with Gasteiger partial charge in [0.05, 0.1) is 28.5 Å². The number of carbonyl (C=O) groups excluding carboxylic acids is 1. The van der Waals surface area contributed by atoms with E-state index in [1.807, 2.05) is 48.5 Å². The van der Waals surface area contributed by atoms with Crippen molar-refractivity contribution in [3.63, 3.8) is 0 Å². The van der Waals surface area contributed by atoms with Crippen LogP contribution in [0.3, 0.4) is 0 Å². The third kappa shape index (κ3) is 2.83. The molecule has 0 saturated carbocycles. The van der Waals surface area contributed by atoms with E-state index in [9.17, 15) is 14.7 Å². The highest BCUT2D eigenvalue weighted by Gasteiger charge is 2.46. The van der Waals surface area contributed by atoms with Gasteiger partial charge in [0.1, 0.15) is 6.61 Å². The predicted octanol–water partition coefficient (Wildman–Crippen LogP) is 3.45. The maximum atomic E-state index is 13.8. The Labute approximate surface area is 195 Å². The molecule has 170 valence electrons. The molecule has 4 heterocycles. The van der Waals surface area contributed by atoms with Crippen molar-refractivity contribution < 1.29 is 14.6 Å². The zero-order valence-electron chi connectivity index (χ0n) is 18.6. The molecule has 0 bridgehead atoms. The first-order valence-electron chi connectivity index (χ1n) is 11.3. The summed E-state index contributed by atoms with van der Waals surface area (Å²) in [5.41, 5.74) is 9.19. The molecule has 0 spiro atoms. The van der Waals surface area contributed by atoms with Crippen LogP contribution in [0, 0.1) is 0 Å². The molecule has 0 aliphatic carbocycles. The molecule has 4 aromatic rings. The molecule has 7 heteroatoms. The Hall–Kier alpha value is -3.97. The highest BCUT2D eigenvalue weighted by molar-refractivity contribution is 5.88. The number of esters is 1. The lowest BCUT2D eigenvalue weighted by Gasteiger charge is -2.32. The second-order valence-corrected chi connectivity index (χ2v) is 8.97. The first-order chi connectivity index (χ1) is 16.4. The summed E-state index contributed by atoms with van der Waals surface area (Å²) in [6, 6.07) is 19.0. The number of benzene rings is 2. The third-order valence-electron chi connectivity index (χ3n) is 7.04. The molecule has 0 radical (unpaired) electrons. The Balaban J connectivity index is 1.65. The van der Waals surface area contributed by atoms with Gasteiger partial charge in [0.15, 0.2) is 5.60 Å². The van der Waals surface area contributed by atoms with Gasteiger partial charge in [-0.05, 0) is 48.7 Å². The van der Waals surface area contributed by atoms with Crippen LogP contribution in [0.5, 0.6) is 0 Å². The minimum atomic E-state index is -1.86. The molecule has 2 atom stereocenters. The van der Waals surface area contributed by atoms with Gasteiger partial charge in [-0.2, -0.15) is 0 Å². The Morgan fingerprint density at radius 3 is 2.71 bits per heavy atom. The smallest absolute Gasteiger partial charge is 0.343 e. The molecular weight excluding hydrogens is 430 g/mol. The van der Waals surface area contributed by atoms with Crippen LogP contribution in [0.1, 0.15) is 41.6 Å². The second-order valence-electron chi connectivity index (χ2n) is 8.97. The summed E-state index contributed by atoms with van der Waals surface area (Å²) in [4.78, 5) is 31.2. The zero-order chi connectivity index (χ0) is 23.6. The van der Waals surface area contributed by atoms with Crippen molar-refractivity contribution >= 4 is 22.6 Å². The molecule has 0 saturated heterocycles. The number of aliphatic hydroxyl groups is 1. The number of anilines is 1. The molecule has 2 aliphatic rings. The van der Waals surface area contributed by atoms with Crippen LogP contribution in [0.25, 0.3) is 22.3 Å². The minimum Gasteiger partial charge on any atom is -0.458 e. The summed E-state index contributed by atoms with van der Waals surface area (Å²) < 4.78 is 6.96. The fourth-order valence-electron chi connectivity index (χ4n) is 5.21. The summed E-state index contributed by atoms with van der Waals surface area (Å²) in [6.45, 7) is 1.54. The largest absolute Gasteiger partial charge is 0.458 e. The maximum absolute atomic E-state index is 13.8. The molecule has 34 heavy (non-hydrogen) atoms. The summed E-state index contributed by atoms with van der Waals surface area (Å²) in [7, 11) is 0. The number of carbonyl (C=O) groups is 1. The fraction of sp³-hybridized carbons (Fsp3) is 0.222. The van der Waals surface area contributed by atoms with Crippen molar-refractivity contribution in [1.82, 2.24) is 9.55 Å². The van der Waals surface area contributed by atoms with Crippen molar-refractivity contribution in [3.05, 3.63) is 93.3 Å². The standard InChI is InChI=1S/C27H23N3O4/c1-2-27(33)20-13-23-24-18(12-16-11-17(28)8-9-21(16)29-24)22(10-15-6-4-3-5-7-15)30(23)25(31)19(20)14-34-26(27)32/h3-9,11-13,22,33H,2,10,14,28H2,1H3. The molecule has 3 N–H and O–H groups in total. The first kappa shape index (κ1) is 20.6. The first-order valence-corrected chi connectivity index (χ1v) is 11.3. The average Bonchev–Trinajstić information content (AvgIpc) is 3.13. The molecule has 2 aliphatic heterocycles. The molecular formula is C27H23N3O4. The number of fused-ring (bicyclic) bond motifs is 5. The summed E-state index contributed by atoms with van der Waals surface area (Å²) in [6.07, 6.45) is 0.694. The van der Waals surface area contributed by atoms with E-state index in [2.05, 4.69) is 0 Å². The van der Waals surface area contributed by atoms with Crippen LogP contribution in [0.4, 0.5) is 5.69 Å². The van der Waals surface area contributed by atoms with Gasteiger partial charge >= 0.3 is 5.97 Å². The number of nitrogens with two attached hydrogens (primary N) is 1. The van der Waals surface area contributed by atoms with Crippen molar-refractivity contribution in [3.8, 4) is 11.4 Å². The van der Waals surface area contributed by atoms with Crippen molar-refractivity contribution in [1.29, 1.82) is 0 Å². The maximum Gasteiger partial charge on any atom is 0.343 e. The van der Waals surface area contributed by atoms with E-state index in [4.69, 9.17) is 15.5 Å². The van der Waals surface area contributed by atoms with Crippen molar-refractivity contribution in [2.45, 2.75) is 38.0 Å². The Morgan fingerprint density at radius 2 is 1.94 bits per heavy atom. The number of hydrogen-bond donors (Lipinski definition) is 2. The van der Waals surface area contributed by atoms with Gasteiger partial charge < -0.3 is 15.6 Å². The monoisotopic (exact) mass is 453 g/mol. The number of aromatic nitrogens is 2. The number of hydrogen-bond acceptors (Lipinski definition) is 6. The van der Waals surface area contributed by atoms with Gasteiger partial charge in [-0.1, -0.05) is 37.3 Å². The second kappa shape index (κ2) is 7.27. The van der Waals surface area contributed by atoms with Crippen molar-refractivity contribution in [2.24, 2.45) is 0 Å². The van der Waals surface area contributed by atoms with E-state index in [1.54, 1.807) is 23.6 Å². The van der Waals surface area contributed by atoms with Gasteiger partial charge in [0.25, 0.3) is 5.56 Å². The van der Waals surface area contributed by atoms with E-state index in [-0.39, 0.29) is 24.6 Å². The number of nitrogen functional groups attached to an aromatic ring is 1. The topological polar surface area (TPSA) is 107 Å². The lowest BCUT2D eigenvalue weighted by molar-refractivity contribution is -0.172. The average molecular weight is 453 g/mol. The van der Waals surface area contributed by atoms with Crippen LogP contribution in [-0.2, 0) is 28.2 Å². The molecule has 6 rings (SSSR count).